The minimum absolute atomic E-state index is 0.0651. The third-order valence-corrected chi connectivity index (χ3v) is 4.71. The Bertz CT molecular complexity index is 492. The molecule has 0 atom stereocenters. The molecule has 1 aliphatic carbocycles. The van der Waals surface area contributed by atoms with Crippen molar-refractivity contribution >= 4 is 10.0 Å². The van der Waals surface area contributed by atoms with E-state index in [-0.39, 0.29) is 24.2 Å². The Hall–Kier alpha value is -1.11. The van der Waals surface area contributed by atoms with Gasteiger partial charge in [0.2, 0.25) is 10.0 Å². The Balaban J connectivity index is 2.03. The van der Waals surface area contributed by atoms with Crippen LogP contribution in [0.1, 0.15) is 25.7 Å². The third kappa shape index (κ3) is 3.92. The van der Waals surface area contributed by atoms with Crippen molar-refractivity contribution in [3.63, 3.8) is 0 Å². The Morgan fingerprint density at radius 2 is 1.84 bits per heavy atom. The Morgan fingerprint density at radius 3 is 2.42 bits per heavy atom. The van der Waals surface area contributed by atoms with Gasteiger partial charge in [-0.25, -0.2) is 13.1 Å². The van der Waals surface area contributed by atoms with Crippen LogP contribution in [0.2, 0.25) is 0 Å². The Morgan fingerprint density at radius 1 is 1.21 bits per heavy atom. The van der Waals surface area contributed by atoms with Crippen LogP contribution >= 0.6 is 0 Å². The van der Waals surface area contributed by atoms with Gasteiger partial charge in [0, 0.05) is 6.04 Å². The van der Waals surface area contributed by atoms with Crippen LogP contribution in [0.25, 0.3) is 0 Å². The smallest absolute Gasteiger partial charge is 0.240 e. The van der Waals surface area contributed by atoms with Crippen molar-refractivity contribution in [2.45, 2.75) is 36.6 Å². The molecular weight excluding hydrogens is 266 g/mol. The van der Waals surface area contributed by atoms with Gasteiger partial charge in [-0.05, 0) is 37.1 Å². The number of rotatable bonds is 6. The molecule has 0 saturated heterocycles. The van der Waals surface area contributed by atoms with Crippen LogP contribution in [0.4, 0.5) is 0 Å². The lowest BCUT2D eigenvalue weighted by Crippen LogP contribution is -2.32. The summed E-state index contributed by atoms with van der Waals surface area (Å²) in [6.45, 7) is 0.135. The lowest BCUT2D eigenvalue weighted by molar-refractivity contribution is 0.201. The van der Waals surface area contributed by atoms with E-state index >= 15 is 0 Å². The standard InChI is InChI=1S/C13H19NO4S/c15-9-10-18-12-5-7-13(8-6-12)19(16,17)14-11-3-1-2-4-11/h5-8,11,14-15H,1-4,9-10H2. The first kappa shape index (κ1) is 14.3. The Labute approximate surface area is 113 Å². The molecule has 19 heavy (non-hydrogen) atoms. The molecule has 2 N–H and O–H groups in total. The third-order valence-electron chi connectivity index (χ3n) is 3.17. The van der Waals surface area contributed by atoms with Gasteiger partial charge >= 0.3 is 0 Å². The summed E-state index contributed by atoms with van der Waals surface area (Å²) in [5.41, 5.74) is 0. The largest absolute Gasteiger partial charge is 0.491 e. The van der Waals surface area contributed by atoms with Crippen LogP contribution < -0.4 is 9.46 Å². The fourth-order valence-electron chi connectivity index (χ4n) is 2.21. The highest BCUT2D eigenvalue weighted by molar-refractivity contribution is 7.89. The molecule has 0 heterocycles. The zero-order valence-corrected chi connectivity index (χ0v) is 11.5. The van der Waals surface area contributed by atoms with Gasteiger partial charge in [-0.1, -0.05) is 12.8 Å². The summed E-state index contributed by atoms with van der Waals surface area (Å²) in [4.78, 5) is 0.246. The number of hydrogen-bond donors (Lipinski definition) is 2. The SMILES string of the molecule is O=S(=O)(NC1CCCC1)c1ccc(OCCO)cc1. The van der Waals surface area contributed by atoms with E-state index in [4.69, 9.17) is 9.84 Å². The van der Waals surface area contributed by atoms with Gasteiger partial charge in [-0.3, -0.25) is 0 Å². The average molecular weight is 285 g/mol. The maximum Gasteiger partial charge on any atom is 0.240 e. The molecule has 0 unspecified atom stereocenters. The van der Waals surface area contributed by atoms with Crippen LogP contribution in [-0.4, -0.2) is 32.8 Å². The maximum atomic E-state index is 12.1. The zero-order valence-electron chi connectivity index (χ0n) is 10.7. The van der Waals surface area contributed by atoms with E-state index in [2.05, 4.69) is 4.72 Å². The number of nitrogens with one attached hydrogen (secondary N) is 1. The van der Waals surface area contributed by atoms with E-state index < -0.39 is 10.0 Å². The van der Waals surface area contributed by atoms with Crippen molar-refractivity contribution in [2.75, 3.05) is 13.2 Å². The topological polar surface area (TPSA) is 75.6 Å². The van der Waals surface area contributed by atoms with Crippen molar-refractivity contribution in [3.8, 4) is 5.75 Å². The van der Waals surface area contributed by atoms with Gasteiger partial charge in [0.1, 0.15) is 12.4 Å². The fraction of sp³-hybridized carbons (Fsp3) is 0.538. The van der Waals surface area contributed by atoms with Gasteiger partial charge in [0.15, 0.2) is 0 Å². The highest BCUT2D eigenvalue weighted by Gasteiger charge is 2.22. The second-order valence-electron chi connectivity index (χ2n) is 4.65. The fourth-order valence-corrected chi connectivity index (χ4v) is 3.51. The molecule has 0 spiro atoms. The van der Waals surface area contributed by atoms with Crippen molar-refractivity contribution in [1.29, 1.82) is 0 Å². The molecule has 0 aliphatic heterocycles. The van der Waals surface area contributed by atoms with Crippen LogP contribution in [0, 0.1) is 0 Å². The van der Waals surface area contributed by atoms with E-state index in [1.165, 1.54) is 12.1 Å². The van der Waals surface area contributed by atoms with Gasteiger partial charge in [-0.2, -0.15) is 0 Å². The van der Waals surface area contributed by atoms with Gasteiger partial charge in [-0.15, -0.1) is 0 Å². The molecule has 0 aromatic heterocycles. The monoisotopic (exact) mass is 285 g/mol. The molecule has 6 heteroatoms. The summed E-state index contributed by atoms with van der Waals surface area (Å²) in [5.74, 6) is 0.550. The maximum absolute atomic E-state index is 12.1. The van der Waals surface area contributed by atoms with E-state index in [1.807, 2.05) is 0 Å². The van der Waals surface area contributed by atoms with Gasteiger partial charge in [0.05, 0.1) is 11.5 Å². The summed E-state index contributed by atoms with van der Waals surface area (Å²) in [5, 5.41) is 8.64. The van der Waals surface area contributed by atoms with Crippen molar-refractivity contribution in [2.24, 2.45) is 0 Å². The van der Waals surface area contributed by atoms with E-state index in [9.17, 15) is 8.42 Å². The van der Waals surface area contributed by atoms with E-state index in [0.29, 0.717) is 5.75 Å². The van der Waals surface area contributed by atoms with E-state index in [0.717, 1.165) is 25.7 Å². The normalized spacial score (nSPS) is 16.7. The predicted molar refractivity (Wildman–Crippen MR) is 71.6 cm³/mol. The summed E-state index contributed by atoms with van der Waals surface area (Å²) >= 11 is 0. The summed E-state index contributed by atoms with van der Waals surface area (Å²) < 4.78 is 32.2. The van der Waals surface area contributed by atoms with E-state index in [1.54, 1.807) is 12.1 Å². The molecule has 1 aromatic carbocycles. The molecule has 1 aliphatic rings. The second-order valence-corrected chi connectivity index (χ2v) is 6.36. The van der Waals surface area contributed by atoms with Crippen molar-refractivity contribution < 1.29 is 18.3 Å². The molecule has 0 amide bonds. The molecule has 106 valence electrons. The molecular formula is C13H19NO4S. The molecule has 1 aromatic rings. The van der Waals surface area contributed by atoms with Crippen LogP contribution in [-0.2, 0) is 10.0 Å². The average Bonchev–Trinajstić information content (AvgIpc) is 2.89. The molecule has 2 rings (SSSR count). The number of aliphatic hydroxyl groups excluding tert-OH is 1. The highest BCUT2D eigenvalue weighted by atomic mass is 32.2. The van der Waals surface area contributed by atoms with Gasteiger partial charge < -0.3 is 9.84 Å². The lowest BCUT2D eigenvalue weighted by atomic mass is 10.3. The number of benzene rings is 1. The lowest BCUT2D eigenvalue weighted by Gasteiger charge is -2.12. The first-order chi connectivity index (χ1) is 9.12. The molecule has 5 nitrogen and oxygen atoms in total. The predicted octanol–water partition coefficient (Wildman–Crippen LogP) is 1.28. The summed E-state index contributed by atoms with van der Waals surface area (Å²) in [6.07, 6.45) is 4.00. The number of aliphatic hydroxyl groups is 1. The van der Waals surface area contributed by atoms with Crippen LogP contribution in [0.3, 0.4) is 0 Å². The highest BCUT2D eigenvalue weighted by Crippen LogP contribution is 2.21. The van der Waals surface area contributed by atoms with Gasteiger partial charge in [0.25, 0.3) is 0 Å². The summed E-state index contributed by atoms with van der Waals surface area (Å²) in [6, 6.07) is 6.29. The first-order valence-corrected chi connectivity index (χ1v) is 7.96. The summed E-state index contributed by atoms with van der Waals surface area (Å²) in [7, 11) is -3.44. The van der Waals surface area contributed by atoms with Crippen molar-refractivity contribution in [1.82, 2.24) is 4.72 Å². The van der Waals surface area contributed by atoms with Crippen LogP contribution in [0.5, 0.6) is 5.75 Å². The number of sulfonamides is 1. The minimum atomic E-state index is -3.44. The van der Waals surface area contributed by atoms with Crippen molar-refractivity contribution in [3.05, 3.63) is 24.3 Å². The minimum Gasteiger partial charge on any atom is -0.491 e. The second kappa shape index (κ2) is 6.36. The van der Waals surface area contributed by atoms with Crippen LogP contribution in [0.15, 0.2) is 29.2 Å². The number of hydrogen-bond acceptors (Lipinski definition) is 4. The molecule has 0 bridgehead atoms. The Kier molecular flexibility index (Phi) is 4.79. The molecule has 1 saturated carbocycles. The molecule has 0 radical (unpaired) electrons. The zero-order chi connectivity index (χ0) is 13.7. The molecule has 1 fully saturated rings. The first-order valence-electron chi connectivity index (χ1n) is 6.48. The quantitative estimate of drug-likeness (QED) is 0.825. The number of ether oxygens (including phenoxy) is 1.